The minimum absolute atomic E-state index is 0.00486. The maximum atomic E-state index is 11.8. The zero-order chi connectivity index (χ0) is 15.8. The van der Waals surface area contributed by atoms with Crippen LogP contribution in [0, 0.1) is 0 Å². The molecule has 0 aliphatic heterocycles. The van der Waals surface area contributed by atoms with E-state index in [1.165, 1.54) is 17.2 Å². The van der Waals surface area contributed by atoms with Gasteiger partial charge in [-0.2, -0.15) is 15.0 Å². The topological polar surface area (TPSA) is 115 Å². The average Bonchev–Trinajstić information content (AvgIpc) is 3.05. The molecule has 2 rings (SSSR count). The van der Waals surface area contributed by atoms with Crippen LogP contribution >= 0.6 is 0 Å². The number of aromatic nitrogens is 3. The third-order valence-corrected chi connectivity index (χ3v) is 3.05. The van der Waals surface area contributed by atoms with E-state index >= 15 is 0 Å². The Balaban J connectivity index is 1.87. The van der Waals surface area contributed by atoms with Crippen LogP contribution in [0.5, 0.6) is 0 Å². The van der Waals surface area contributed by atoms with Gasteiger partial charge in [-0.05, 0) is 5.56 Å². The summed E-state index contributed by atoms with van der Waals surface area (Å²) in [5, 5.41) is 20.3. The number of hydrogen-bond donors (Lipinski definition) is 3. The van der Waals surface area contributed by atoms with Gasteiger partial charge in [-0.25, -0.2) is 4.79 Å². The minimum atomic E-state index is -0.921. The van der Waals surface area contributed by atoms with Gasteiger partial charge < -0.3 is 20.9 Å². The molecular weight excluding hydrogens is 286 g/mol. The fraction of sp³-hybridized carbons (Fsp3) is 0.357. The Morgan fingerprint density at radius 3 is 2.64 bits per heavy atom. The SMILES string of the molecule is NCC(O)C(Cn1nccn1)NC(=O)OCc1ccccc1. The van der Waals surface area contributed by atoms with E-state index in [9.17, 15) is 9.90 Å². The number of carbonyl (C=O) groups is 1. The molecule has 0 spiro atoms. The van der Waals surface area contributed by atoms with Crippen molar-refractivity contribution in [1.82, 2.24) is 20.3 Å². The summed E-state index contributed by atoms with van der Waals surface area (Å²) < 4.78 is 5.12. The van der Waals surface area contributed by atoms with Crippen LogP contribution in [0.15, 0.2) is 42.7 Å². The molecule has 1 aromatic carbocycles. The van der Waals surface area contributed by atoms with Gasteiger partial charge in [0.15, 0.2) is 0 Å². The molecule has 1 heterocycles. The van der Waals surface area contributed by atoms with Crippen molar-refractivity contribution in [2.24, 2.45) is 5.73 Å². The van der Waals surface area contributed by atoms with E-state index in [0.717, 1.165) is 5.56 Å². The maximum absolute atomic E-state index is 11.8. The first-order valence-electron chi connectivity index (χ1n) is 6.88. The summed E-state index contributed by atoms with van der Waals surface area (Å²) in [6.45, 7) is 0.356. The summed E-state index contributed by atoms with van der Waals surface area (Å²) in [5.74, 6) is 0. The number of amides is 1. The fourth-order valence-electron chi connectivity index (χ4n) is 1.86. The number of benzene rings is 1. The Kier molecular flexibility index (Phi) is 5.87. The molecule has 0 bridgehead atoms. The number of hydrogen-bond acceptors (Lipinski definition) is 6. The number of nitrogens with one attached hydrogen (secondary N) is 1. The van der Waals surface area contributed by atoms with Crippen LogP contribution in [-0.2, 0) is 17.9 Å². The molecule has 8 nitrogen and oxygen atoms in total. The lowest BCUT2D eigenvalue weighted by molar-refractivity contribution is 0.0969. The van der Waals surface area contributed by atoms with E-state index in [1.54, 1.807) is 0 Å². The molecule has 2 atom stereocenters. The van der Waals surface area contributed by atoms with Crippen LogP contribution in [0.25, 0.3) is 0 Å². The Hall–Kier alpha value is -2.45. The van der Waals surface area contributed by atoms with Crippen LogP contribution < -0.4 is 11.1 Å². The van der Waals surface area contributed by atoms with Gasteiger partial charge in [-0.1, -0.05) is 30.3 Å². The van der Waals surface area contributed by atoms with E-state index in [2.05, 4.69) is 15.5 Å². The maximum Gasteiger partial charge on any atom is 0.407 e. The van der Waals surface area contributed by atoms with Crippen molar-refractivity contribution in [1.29, 1.82) is 0 Å². The number of nitrogens with two attached hydrogens (primary N) is 1. The van der Waals surface area contributed by atoms with Crippen molar-refractivity contribution < 1.29 is 14.6 Å². The highest BCUT2D eigenvalue weighted by Crippen LogP contribution is 2.02. The number of rotatable bonds is 7. The van der Waals surface area contributed by atoms with Crippen molar-refractivity contribution in [2.45, 2.75) is 25.3 Å². The second kappa shape index (κ2) is 8.11. The highest BCUT2D eigenvalue weighted by Gasteiger charge is 2.22. The predicted molar refractivity (Wildman–Crippen MR) is 78.6 cm³/mol. The van der Waals surface area contributed by atoms with E-state index < -0.39 is 18.2 Å². The van der Waals surface area contributed by atoms with Crippen molar-refractivity contribution in [2.75, 3.05) is 6.54 Å². The summed E-state index contributed by atoms with van der Waals surface area (Å²) in [6, 6.07) is 8.68. The third kappa shape index (κ3) is 4.83. The van der Waals surface area contributed by atoms with Crippen molar-refractivity contribution in [3.05, 3.63) is 48.3 Å². The Labute approximate surface area is 127 Å². The molecule has 0 saturated heterocycles. The summed E-state index contributed by atoms with van der Waals surface area (Å²) in [7, 11) is 0. The fourth-order valence-corrected chi connectivity index (χ4v) is 1.86. The van der Waals surface area contributed by atoms with Gasteiger partial charge in [-0.15, -0.1) is 0 Å². The van der Waals surface area contributed by atoms with Gasteiger partial charge in [0.2, 0.25) is 0 Å². The first-order chi connectivity index (χ1) is 10.7. The van der Waals surface area contributed by atoms with Crippen LogP contribution in [0.3, 0.4) is 0 Å². The van der Waals surface area contributed by atoms with Crippen LogP contribution in [0.1, 0.15) is 5.56 Å². The summed E-state index contributed by atoms with van der Waals surface area (Å²) in [4.78, 5) is 13.2. The molecule has 0 radical (unpaired) electrons. The Morgan fingerprint density at radius 2 is 2.00 bits per heavy atom. The molecule has 8 heteroatoms. The normalized spacial score (nSPS) is 13.4. The number of nitrogens with zero attached hydrogens (tertiary/aromatic N) is 3. The molecule has 22 heavy (non-hydrogen) atoms. The van der Waals surface area contributed by atoms with Crippen LogP contribution in [-0.4, -0.2) is 44.9 Å². The van der Waals surface area contributed by atoms with Gasteiger partial charge >= 0.3 is 6.09 Å². The first kappa shape index (κ1) is 15.9. The largest absolute Gasteiger partial charge is 0.445 e. The van der Waals surface area contributed by atoms with Gasteiger partial charge in [0.05, 0.1) is 31.1 Å². The number of carbonyl (C=O) groups excluding carboxylic acids is 1. The van der Waals surface area contributed by atoms with E-state index in [1.807, 2.05) is 30.3 Å². The summed E-state index contributed by atoms with van der Waals surface area (Å²) >= 11 is 0. The third-order valence-electron chi connectivity index (χ3n) is 3.05. The monoisotopic (exact) mass is 305 g/mol. The molecule has 1 aromatic heterocycles. The molecule has 1 amide bonds. The molecular formula is C14H19N5O3. The van der Waals surface area contributed by atoms with Crippen molar-refractivity contribution >= 4 is 6.09 Å². The van der Waals surface area contributed by atoms with Crippen LogP contribution in [0.2, 0.25) is 0 Å². The van der Waals surface area contributed by atoms with Gasteiger partial charge in [0, 0.05) is 6.54 Å². The zero-order valence-electron chi connectivity index (χ0n) is 12.0. The zero-order valence-corrected chi connectivity index (χ0v) is 12.0. The van der Waals surface area contributed by atoms with Gasteiger partial charge in [-0.3, -0.25) is 0 Å². The highest BCUT2D eigenvalue weighted by molar-refractivity contribution is 5.67. The number of aliphatic hydroxyl groups excluding tert-OH is 1. The summed E-state index contributed by atoms with van der Waals surface area (Å²) in [5.41, 5.74) is 6.33. The molecule has 2 aromatic rings. The van der Waals surface area contributed by atoms with E-state index in [4.69, 9.17) is 10.5 Å². The molecule has 4 N–H and O–H groups in total. The lowest BCUT2D eigenvalue weighted by Gasteiger charge is -2.22. The molecule has 118 valence electrons. The molecule has 0 saturated carbocycles. The number of alkyl carbamates (subject to hydrolysis) is 1. The second-order valence-electron chi connectivity index (χ2n) is 4.70. The average molecular weight is 305 g/mol. The quantitative estimate of drug-likeness (QED) is 0.657. The highest BCUT2D eigenvalue weighted by atomic mass is 16.5. The van der Waals surface area contributed by atoms with E-state index in [0.29, 0.717) is 0 Å². The first-order valence-corrected chi connectivity index (χ1v) is 6.88. The smallest absolute Gasteiger partial charge is 0.407 e. The van der Waals surface area contributed by atoms with E-state index in [-0.39, 0.29) is 19.7 Å². The number of aliphatic hydroxyl groups is 1. The van der Waals surface area contributed by atoms with Gasteiger partial charge in [0.1, 0.15) is 6.61 Å². The Morgan fingerprint density at radius 1 is 1.32 bits per heavy atom. The molecule has 2 unspecified atom stereocenters. The van der Waals surface area contributed by atoms with Crippen molar-refractivity contribution in [3.8, 4) is 0 Å². The number of ether oxygens (including phenoxy) is 1. The molecule has 0 aliphatic rings. The van der Waals surface area contributed by atoms with Crippen molar-refractivity contribution in [3.63, 3.8) is 0 Å². The second-order valence-corrected chi connectivity index (χ2v) is 4.70. The predicted octanol–water partition coefficient (Wildman–Crippen LogP) is -0.107. The lowest BCUT2D eigenvalue weighted by atomic mass is 10.1. The molecule has 0 aliphatic carbocycles. The molecule has 0 fully saturated rings. The summed E-state index contributed by atoms with van der Waals surface area (Å²) in [6.07, 6.45) is 1.47. The standard InChI is InChI=1S/C14H19N5O3/c15-8-13(20)12(9-19-16-6-7-17-19)18-14(21)22-10-11-4-2-1-3-5-11/h1-7,12-13,20H,8-10,15H2,(H,18,21). The van der Waals surface area contributed by atoms with Gasteiger partial charge in [0.25, 0.3) is 0 Å². The van der Waals surface area contributed by atoms with Crippen LogP contribution in [0.4, 0.5) is 4.79 Å². The lowest BCUT2D eigenvalue weighted by Crippen LogP contribution is -2.49. The Bertz CT molecular complexity index is 561. The minimum Gasteiger partial charge on any atom is -0.445 e.